The zero-order chi connectivity index (χ0) is 25.8. The molecule has 1 heterocycles. The Hall–Kier alpha value is -1.41. The van der Waals surface area contributed by atoms with Crippen LogP contribution in [-0.4, -0.2) is 55.3 Å². The molecule has 1 aromatic rings. The van der Waals surface area contributed by atoms with E-state index >= 15 is 0 Å². The van der Waals surface area contributed by atoms with Crippen LogP contribution >= 0.6 is 0 Å². The van der Waals surface area contributed by atoms with Gasteiger partial charge in [-0.25, -0.2) is 4.79 Å². The molecular formula is C28H45BO6. The fourth-order valence-corrected chi connectivity index (χ4v) is 5.15. The van der Waals surface area contributed by atoms with Gasteiger partial charge in [0.2, 0.25) is 0 Å². The van der Waals surface area contributed by atoms with Crippen LogP contribution in [-0.2, 0) is 25.2 Å². The van der Waals surface area contributed by atoms with Gasteiger partial charge in [-0.15, -0.1) is 0 Å². The van der Waals surface area contributed by atoms with E-state index in [1.165, 1.54) is 6.42 Å². The third-order valence-electron chi connectivity index (χ3n) is 8.13. The van der Waals surface area contributed by atoms with E-state index in [1.54, 1.807) is 0 Å². The highest BCUT2D eigenvalue weighted by Gasteiger charge is 2.53. The molecule has 0 radical (unpaired) electrons. The van der Waals surface area contributed by atoms with Gasteiger partial charge in [-0.05, 0) is 82.4 Å². The summed E-state index contributed by atoms with van der Waals surface area (Å²) in [6.45, 7) is 15.5. The van der Waals surface area contributed by atoms with Crippen molar-refractivity contribution in [2.45, 2.75) is 97.3 Å². The van der Waals surface area contributed by atoms with Crippen molar-refractivity contribution in [3.05, 3.63) is 35.4 Å². The molecule has 0 amide bonds. The van der Waals surface area contributed by atoms with Crippen LogP contribution in [0.1, 0.15) is 83.7 Å². The first-order valence-electron chi connectivity index (χ1n) is 13.3. The second kappa shape index (κ2) is 11.8. The monoisotopic (exact) mass is 488 g/mol. The highest BCUT2D eigenvalue weighted by atomic mass is 16.7. The van der Waals surface area contributed by atoms with Crippen molar-refractivity contribution in [3.63, 3.8) is 0 Å². The summed E-state index contributed by atoms with van der Waals surface area (Å²) in [5.41, 5.74) is 0.800. The van der Waals surface area contributed by atoms with Gasteiger partial charge in [0.15, 0.2) is 0 Å². The molecule has 1 aromatic carbocycles. The number of aliphatic hydroxyl groups is 1. The van der Waals surface area contributed by atoms with E-state index in [4.69, 9.17) is 23.9 Å². The van der Waals surface area contributed by atoms with Gasteiger partial charge < -0.3 is 23.9 Å². The van der Waals surface area contributed by atoms with Crippen molar-refractivity contribution < 1.29 is 28.7 Å². The smallest absolute Gasteiger partial charge is 0.458 e. The van der Waals surface area contributed by atoms with Gasteiger partial charge in [0.05, 0.1) is 30.0 Å². The lowest BCUT2D eigenvalue weighted by Crippen LogP contribution is -2.41. The van der Waals surface area contributed by atoms with Gasteiger partial charge in [-0.3, -0.25) is 0 Å². The number of rotatable bonds is 10. The molecule has 0 aromatic heterocycles. The summed E-state index contributed by atoms with van der Waals surface area (Å²) in [6, 6.07) is 7.66. The number of carbonyl (C=O) groups excluding carboxylic acids is 1. The average Bonchev–Trinajstić information content (AvgIpc) is 3.00. The molecule has 1 aliphatic carbocycles. The SMILES string of the molecule is CC(C)[C@@H]1CC[C@@H](C)C[C@H]1OC(=O)c1ccc(CC(COCCO)B2OC(C)(C)C(C)(C)O2)cc1. The maximum atomic E-state index is 12.9. The lowest BCUT2D eigenvalue weighted by molar-refractivity contribution is -0.0174. The lowest BCUT2D eigenvalue weighted by atomic mass is 9.69. The van der Waals surface area contributed by atoms with E-state index in [-0.39, 0.29) is 31.1 Å². The quantitative estimate of drug-likeness (QED) is 0.273. The van der Waals surface area contributed by atoms with Crippen LogP contribution in [0.2, 0.25) is 5.82 Å². The molecule has 2 aliphatic rings. The standard InChI is InChI=1S/C28H45BO6/c1-19(2)24-13-8-20(3)16-25(24)33-26(31)22-11-9-21(10-12-22)17-23(18-32-15-14-30)29-34-27(4,5)28(6,7)35-29/h9-12,19-20,23-25,30H,8,13-18H2,1-7H3/t20-,23?,24+,25-/m1/s1. The van der Waals surface area contributed by atoms with Gasteiger partial charge in [-0.1, -0.05) is 39.3 Å². The van der Waals surface area contributed by atoms with E-state index < -0.39 is 18.3 Å². The molecule has 35 heavy (non-hydrogen) atoms. The molecular weight excluding hydrogens is 443 g/mol. The number of hydrogen-bond donors (Lipinski definition) is 1. The van der Waals surface area contributed by atoms with Crippen LogP contribution < -0.4 is 0 Å². The predicted octanol–water partition coefficient (Wildman–Crippen LogP) is 5.32. The number of benzene rings is 1. The number of esters is 1. The Morgan fingerprint density at radius 2 is 1.74 bits per heavy atom. The summed E-state index contributed by atoms with van der Waals surface area (Å²) in [6.07, 6.45) is 3.93. The van der Waals surface area contributed by atoms with Crippen molar-refractivity contribution in [1.29, 1.82) is 0 Å². The predicted molar refractivity (Wildman–Crippen MR) is 138 cm³/mol. The van der Waals surface area contributed by atoms with Crippen molar-refractivity contribution >= 4 is 13.1 Å². The van der Waals surface area contributed by atoms with Crippen molar-refractivity contribution in [2.75, 3.05) is 19.8 Å². The van der Waals surface area contributed by atoms with E-state index in [0.717, 1.165) is 18.4 Å². The van der Waals surface area contributed by atoms with Crippen LogP contribution in [0.4, 0.5) is 0 Å². The molecule has 196 valence electrons. The first-order valence-corrected chi connectivity index (χ1v) is 13.3. The first-order chi connectivity index (χ1) is 16.4. The maximum Gasteiger partial charge on any atom is 0.463 e. The Balaban J connectivity index is 1.66. The Morgan fingerprint density at radius 3 is 2.31 bits per heavy atom. The van der Waals surface area contributed by atoms with Crippen molar-refractivity contribution in [1.82, 2.24) is 0 Å². The zero-order valence-corrected chi connectivity index (χ0v) is 22.7. The Bertz CT molecular complexity index is 805. The topological polar surface area (TPSA) is 74.2 Å². The summed E-state index contributed by atoms with van der Waals surface area (Å²) in [5, 5.41) is 9.13. The summed E-state index contributed by atoms with van der Waals surface area (Å²) in [7, 11) is -0.412. The van der Waals surface area contributed by atoms with Crippen LogP contribution in [0.25, 0.3) is 0 Å². The molecule has 1 aliphatic heterocycles. The third-order valence-corrected chi connectivity index (χ3v) is 8.13. The van der Waals surface area contributed by atoms with Crippen LogP contribution in [0.5, 0.6) is 0 Å². The molecule has 0 spiro atoms. The normalized spacial score (nSPS) is 26.7. The summed E-state index contributed by atoms with van der Waals surface area (Å²) in [5.74, 6) is 1.23. The van der Waals surface area contributed by atoms with Crippen molar-refractivity contribution in [2.24, 2.45) is 17.8 Å². The maximum absolute atomic E-state index is 12.9. The summed E-state index contributed by atoms with van der Waals surface area (Å²) in [4.78, 5) is 12.9. The highest BCUT2D eigenvalue weighted by molar-refractivity contribution is 6.47. The summed E-state index contributed by atoms with van der Waals surface area (Å²) < 4.78 is 24.2. The van der Waals surface area contributed by atoms with Gasteiger partial charge in [-0.2, -0.15) is 0 Å². The fourth-order valence-electron chi connectivity index (χ4n) is 5.15. The number of hydrogen-bond acceptors (Lipinski definition) is 6. The largest absolute Gasteiger partial charge is 0.463 e. The molecule has 3 rings (SSSR count). The molecule has 2 fully saturated rings. The third kappa shape index (κ3) is 7.09. The number of aliphatic hydroxyl groups excluding tert-OH is 1. The minimum atomic E-state index is -0.426. The highest BCUT2D eigenvalue weighted by Crippen LogP contribution is 2.41. The Morgan fingerprint density at radius 1 is 1.11 bits per heavy atom. The van der Waals surface area contributed by atoms with Gasteiger partial charge in [0.1, 0.15) is 6.10 Å². The lowest BCUT2D eigenvalue weighted by Gasteiger charge is -2.36. The molecule has 0 bridgehead atoms. The minimum Gasteiger partial charge on any atom is -0.458 e. The molecule has 7 heteroatoms. The second-order valence-corrected chi connectivity index (χ2v) is 11.9. The van der Waals surface area contributed by atoms with E-state index in [2.05, 4.69) is 20.8 Å². The number of ether oxygens (including phenoxy) is 2. The Kier molecular flexibility index (Phi) is 9.47. The zero-order valence-electron chi connectivity index (χ0n) is 22.7. The summed E-state index contributed by atoms with van der Waals surface area (Å²) >= 11 is 0. The first kappa shape index (κ1) is 28.2. The van der Waals surface area contributed by atoms with E-state index in [0.29, 0.717) is 36.3 Å². The minimum absolute atomic E-state index is 0.0117. The molecule has 1 saturated heterocycles. The number of carbonyl (C=O) groups is 1. The Labute approximate surface area is 212 Å². The van der Waals surface area contributed by atoms with Crippen LogP contribution in [0, 0.1) is 17.8 Å². The fraction of sp³-hybridized carbons (Fsp3) is 0.750. The van der Waals surface area contributed by atoms with Crippen LogP contribution in [0.3, 0.4) is 0 Å². The van der Waals surface area contributed by atoms with E-state index in [1.807, 2.05) is 52.0 Å². The van der Waals surface area contributed by atoms with Crippen molar-refractivity contribution in [3.8, 4) is 0 Å². The molecule has 1 N–H and O–H groups in total. The molecule has 4 atom stereocenters. The van der Waals surface area contributed by atoms with E-state index in [9.17, 15) is 4.79 Å². The van der Waals surface area contributed by atoms with Gasteiger partial charge >= 0.3 is 13.1 Å². The van der Waals surface area contributed by atoms with Crippen LogP contribution in [0.15, 0.2) is 24.3 Å². The molecule has 1 saturated carbocycles. The molecule has 6 nitrogen and oxygen atoms in total. The second-order valence-electron chi connectivity index (χ2n) is 11.9. The van der Waals surface area contributed by atoms with Gasteiger partial charge in [0.25, 0.3) is 0 Å². The van der Waals surface area contributed by atoms with Gasteiger partial charge in [0, 0.05) is 12.4 Å². The average molecular weight is 488 g/mol. The molecule has 1 unspecified atom stereocenters.